The van der Waals surface area contributed by atoms with Crippen LogP contribution >= 0.6 is 0 Å². The van der Waals surface area contributed by atoms with Crippen LogP contribution in [0.4, 0.5) is 5.69 Å². The summed E-state index contributed by atoms with van der Waals surface area (Å²) in [5.74, 6) is -0.0576. The molecule has 1 aliphatic carbocycles. The maximum atomic E-state index is 12.2. The fourth-order valence-electron chi connectivity index (χ4n) is 2.77. The number of nitrogens with one attached hydrogen (secondary N) is 2. The number of carbonyl (C=O) groups is 1. The van der Waals surface area contributed by atoms with E-state index in [1.165, 1.54) is 25.7 Å². The average molecular weight is 305 g/mol. The molecule has 1 heterocycles. The zero-order valence-electron chi connectivity index (χ0n) is 13.4. The largest absolute Gasteiger partial charge is 0.385 e. The molecule has 0 unspecified atom stereocenters. The third kappa shape index (κ3) is 5.64. The lowest BCUT2D eigenvalue weighted by Crippen LogP contribution is -2.34. The van der Waals surface area contributed by atoms with Crippen LogP contribution in [0, 0.1) is 0 Å². The third-order valence-electron chi connectivity index (χ3n) is 4.04. The van der Waals surface area contributed by atoms with E-state index in [4.69, 9.17) is 4.74 Å². The number of carbonyl (C=O) groups excluding carboxylic acids is 1. The molecule has 0 aromatic carbocycles. The number of pyridine rings is 1. The summed E-state index contributed by atoms with van der Waals surface area (Å²) >= 11 is 0. The fraction of sp³-hybridized carbons (Fsp3) is 0.647. The molecule has 1 aliphatic rings. The minimum absolute atomic E-state index is 0.0576. The van der Waals surface area contributed by atoms with Gasteiger partial charge in [0.15, 0.2) is 0 Å². The normalized spacial score (nSPS) is 16.0. The number of amides is 1. The Morgan fingerprint density at radius 1 is 1.27 bits per heavy atom. The molecule has 1 fully saturated rings. The smallest absolute Gasteiger partial charge is 0.270 e. The first-order valence-electron chi connectivity index (χ1n) is 8.29. The van der Waals surface area contributed by atoms with Crippen LogP contribution in [0.15, 0.2) is 18.3 Å². The number of aromatic nitrogens is 1. The Labute approximate surface area is 132 Å². The molecule has 0 spiro atoms. The van der Waals surface area contributed by atoms with E-state index in [1.54, 1.807) is 19.4 Å². The Kier molecular flexibility index (Phi) is 7.16. The van der Waals surface area contributed by atoms with Crippen LogP contribution in [-0.4, -0.2) is 37.2 Å². The fourth-order valence-corrected chi connectivity index (χ4v) is 2.77. The molecule has 1 saturated carbocycles. The quantitative estimate of drug-likeness (QED) is 0.600. The zero-order chi connectivity index (χ0) is 15.6. The highest BCUT2D eigenvalue weighted by atomic mass is 16.5. The van der Waals surface area contributed by atoms with Crippen LogP contribution in [0.5, 0.6) is 0 Å². The van der Waals surface area contributed by atoms with Gasteiger partial charge < -0.3 is 15.4 Å². The third-order valence-corrected chi connectivity index (χ3v) is 4.04. The Hall–Kier alpha value is -1.62. The number of ether oxygens (including phenoxy) is 1. The summed E-state index contributed by atoms with van der Waals surface area (Å²) in [5.41, 5.74) is 1.42. The highest BCUT2D eigenvalue weighted by molar-refractivity contribution is 5.92. The van der Waals surface area contributed by atoms with Gasteiger partial charge in [0.1, 0.15) is 5.69 Å². The lowest BCUT2D eigenvalue weighted by atomic mass is 10.1. The van der Waals surface area contributed by atoms with E-state index in [0.717, 1.165) is 38.1 Å². The van der Waals surface area contributed by atoms with Gasteiger partial charge in [-0.05, 0) is 31.4 Å². The van der Waals surface area contributed by atoms with Crippen molar-refractivity contribution in [3.05, 3.63) is 24.0 Å². The second kappa shape index (κ2) is 9.41. The van der Waals surface area contributed by atoms with Crippen molar-refractivity contribution in [3.8, 4) is 0 Å². The van der Waals surface area contributed by atoms with Crippen LogP contribution < -0.4 is 10.6 Å². The molecular weight excluding hydrogens is 278 g/mol. The van der Waals surface area contributed by atoms with E-state index in [-0.39, 0.29) is 5.91 Å². The Balaban J connectivity index is 1.79. The van der Waals surface area contributed by atoms with E-state index in [0.29, 0.717) is 11.7 Å². The zero-order valence-corrected chi connectivity index (χ0v) is 13.4. The highest BCUT2D eigenvalue weighted by Crippen LogP contribution is 2.17. The number of hydrogen-bond donors (Lipinski definition) is 2. The van der Waals surface area contributed by atoms with E-state index in [9.17, 15) is 4.79 Å². The van der Waals surface area contributed by atoms with Crippen molar-refractivity contribution in [1.29, 1.82) is 0 Å². The van der Waals surface area contributed by atoms with Crippen molar-refractivity contribution in [3.63, 3.8) is 0 Å². The summed E-state index contributed by atoms with van der Waals surface area (Å²) < 4.78 is 5.00. The molecule has 122 valence electrons. The van der Waals surface area contributed by atoms with Crippen molar-refractivity contribution < 1.29 is 9.53 Å². The Morgan fingerprint density at radius 2 is 2.05 bits per heavy atom. The molecule has 5 nitrogen and oxygen atoms in total. The second-order valence-corrected chi connectivity index (χ2v) is 5.87. The molecule has 2 N–H and O–H groups in total. The molecule has 0 aliphatic heterocycles. The van der Waals surface area contributed by atoms with Crippen molar-refractivity contribution >= 4 is 11.6 Å². The lowest BCUT2D eigenvalue weighted by molar-refractivity contribution is 0.0928. The van der Waals surface area contributed by atoms with E-state index < -0.39 is 0 Å². The number of rotatable bonds is 7. The summed E-state index contributed by atoms with van der Waals surface area (Å²) in [6.45, 7) is 1.57. The molecule has 1 amide bonds. The van der Waals surface area contributed by atoms with Gasteiger partial charge in [-0.25, -0.2) is 4.98 Å². The summed E-state index contributed by atoms with van der Waals surface area (Å²) in [6, 6.07) is 4.00. The van der Waals surface area contributed by atoms with E-state index in [2.05, 4.69) is 15.6 Å². The predicted octanol–water partition coefficient (Wildman–Crippen LogP) is 2.98. The van der Waals surface area contributed by atoms with Gasteiger partial charge in [0.05, 0.1) is 11.9 Å². The number of hydrogen-bond acceptors (Lipinski definition) is 4. The van der Waals surface area contributed by atoms with Crippen molar-refractivity contribution in [2.24, 2.45) is 0 Å². The molecule has 0 radical (unpaired) electrons. The van der Waals surface area contributed by atoms with Crippen molar-refractivity contribution in [1.82, 2.24) is 10.3 Å². The van der Waals surface area contributed by atoms with Gasteiger partial charge >= 0.3 is 0 Å². The van der Waals surface area contributed by atoms with Crippen molar-refractivity contribution in [2.45, 2.75) is 51.0 Å². The predicted molar refractivity (Wildman–Crippen MR) is 88.2 cm³/mol. The van der Waals surface area contributed by atoms with Gasteiger partial charge in [0.2, 0.25) is 0 Å². The molecule has 0 bridgehead atoms. The Bertz CT molecular complexity index is 440. The van der Waals surface area contributed by atoms with Gasteiger partial charge in [0.25, 0.3) is 5.91 Å². The number of methoxy groups -OCH3 is 1. The van der Waals surface area contributed by atoms with Crippen LogP contribution in [-0.2, 0) is 4.74 Å². The number of anilines is 1. The minimum Gasteiger partial charge on any atom is -0.385 e. The Morgan fingerprint density at radius 3 is 2.68 bits per heavy atom. The van der Waals surface area contributed by atoms with Crippen LogP contribution in [0.2, 0.25) is 0 Å². The van der Waals surface area contributed by atoms with Gasteiger partial charge in [-0.15, -0.1) is 0 Å². The lowest BCUT2D eigenvalue weighted by Gasteiger charge is -2.16. The molecule has 2 rings (SSSR count). The molecular formula is C17H27N3O2. The van der Waals surface area contributed by atoms with Crippen LogP contribution in [0.25, 0.3) is 0 Å². The first kappa shape index (κ1) is 16.7. The molecule has 1 aromatic rings. The first-order chi connectivity index (χ1) is 10.8. The average Bonchev–Trinajstić information content (AvgIpc) is 2.81. The molecule has 0 atom stereocenters. The van der Waals surface area contributed by atoms with E-state index >= 15 is 0 Å². The number of nitrogens with zero attached hydrogens (tertiary/aromatic N) is 1. The molecule has 0 saturated heterocycles. The summed E-state index contributed by atoms with van der Waals surface area (Å²) in [4.78, 5) is 16.5. The van der Waals surface area contributed by atoms with Crippen molar-refractivity contribution in [2.75, 3.05) is 25.6 Å². The van der Waals surface area contributed by atoms with Crippen LogP contribution in [0.3, 0.4) is 0 Å². The van der Waals surface area contributed by atoms with Gasteiger partial charge in [0, 0.05) is 26.3 Å². The summed E-state index contributed by atoms with van der Waals surface area (Å²) in [6.07, 6.45) is 9.83. The SMILES string of the molecule is COCCCNc1ccc(C(=O)NC2CCCCCC2)nc1. The topological polar surface area (TPSA) is 63.2 Å². The molecule has 5 heteroatoms. The monoisotopic (exact) mass is 305 g/mol. The van der Waals surface area contributed by atoms with Gasteiger partial charge in [-0.1, -0.05) is 25.7 Å². The standard InChI is InChI=1S/C17H27N3O2/c1-22-12-6-11-18-15-9-10-16(19-13-15)17(21)20-14-7-4-2-3-5-8-14/h9-10,13-14,18H,2-8,11-12H2,1H3,(H,20,21). The van der Waals surface area contributed by atoms with E-state index in [1.807, 2.05) is 6.07 Å². The van der Waals surface area contributed by atoms with Crippen LogP contribution in [0.1, 0.15) is 55.4 Å². The highest BCUT2D eigenvalue weighted by Gasteiger charge is 2.16. The summed E-state index contributed by atoms with van der Waals surface area (Å²) in [7, 11) is 1.70. The minimum atomic E-state index is -0.0576. The molecule has 1 aromatic heterocycles. The summed E-state index contributed by atoms with van der Waals surface area (Å²) in [5, 5.41) is 6.38. The maximum absolute atomic E-state index is 12.2. The maximum Gasteiger partial charge on any atom is 0.270 e. The van der Waals surface area contributed by atoms with Gasteiger partial charge in [-0.2, -0.15) is 0 Å². The second-order valence-electron chi connectivity index (χ2n) is 5.87. The first-order valence-corrected chi connectivity index (χ1v) is 8.29. The molecule has 22 heavy (non-hydrogen) atoms. The van der Waals surface area contributed by atoms with Gasteiger partial charge in [-0.3, -0.25) is 4.79 Å².